The van der Waals surface area contributed by atoms with Crippen LogP contribution in [0.1, 0.15) is 6.42 Å². The molecule has 0 radical (unpaired) electrons. The molecule has 9 heteroatoms. The van der Waals surface area contributed by atoms with Crippen LogP contribution in [0.3, 0.4) is 0 Å². The number of hydrogen-bond acceptors (Lipinski definition) is 6. The number of thioether (sulfide) groups is 1. The number of methoxy groups -OCH3 is 1. The molecule has 1 heterocycles. The fourth-order valence-corrected chi connectivity index (χ4v) is 2.00. The van der Waals surface area contributed by atoms with Crippen molar-refractivity contribution in [1.82, 2.24) is 14.8 Å². The average molecular weight is 291 g/mol. The smallest absolute Gasteiger partial charge is 0.343 e. The van der Waals surface area contributed by atoms with Crippen molar-refractivity contribution >= 4 is 17.7 Å². The summed E-state index contributed by atoms with van der Waals surface area (Å²) in [7, 11) is 1.60. The van der Waals surface area contributed by atoms with Crippen LogP contribution in [-0.2, 0) is 20.8 Å². The number of aromatic nitrogens is 3. The van der Waals surface area contributed by atoms with Gasteiger partial charge in [0, 0.05) is 20.3 Å². The van der Waals surface area contributed by atoms with Gasteiger partial charge in [0.15, 0.2) is 5.16 Å². The minimum absolute atomic E-state index is 0.130. The summed E-state index contributed by atoms with van der Waals surface area (Å²) in [5, 5.41) is 15.1. The van der Waals surface area contributed by atoms with Crippen molar-refractivity contribution in [2.75, 3.05) is 32.7 Å². The van der Waals surface area contributed by atoms with E-state index in [9.17, 15) is 9.59 Å². The first-order valence-corrected chi connectivity index (χ1v) is 6.70. The quantitative estimate of drug-likeness (QED) is 0.454. The largest absolute Gasteiger partial charge is 0.481 e. The Morgan fingerprint density at radius 1 is 1.47 bits per heavy atom. The van der Waals surface area contributed by atoms with E-state index in [0.717, 1.165) is 11.8 Å². The van der Waals surface area contributed by atoms with E-state index in [1.165, 1.54) is 4.57 Å². The lowest BCUT2D eigenvalue weighted by Gasteiger charge is -2.05. The monoisotopic (exact) mass is 291 g/mol. The van der Waals surface area contributed by atoms with Crippen LogP contribution in [0, 0.1) is 0 Å². The SMILES string of the molecule is COCCOCCCn1c(SCC(=O)O)n[nH]c1=O. The van der Waals surface area contributed by atoms with E-state index in [2.05, 4.69) is 10.2 Å². The van der Waals surface area contributed by atoms with E-state index in [1.54, 1.807) is 7.11 Å². The minimum Gasteiger partial charge on any atom is -0.481 e. The highest BCUT2D eigenvalue weighted by Gasteiger charge is 2.10. The maximum Gasteiger partial charge on any atom is 0.343 e. The van der Waals surface area contributed by atoms with E-state index in [4.69, 9.17) is 14.6 Å². The molecular weight excluding hydrogens is 274 g/mol. The highest BCUT2D eigenvalue weighted by molar-refractivity contribution is 7.99. The number of ether oxygens (including phenoxy) is 2. The van der Waals surface area contributed by atoms with Crippen LogP contribution in [-0.4, -0.2) is 58.5 Å². The number of H-pyrrole nitrogens is 1. The lowest BCUT2D eigenvalue weighted by molar-refractivity contribution is -0.133. The molecule has 0 bridgehead atoms. The Kier molecular flexibility index (Phi) is 7.23. The second kappa shape index (κ2) is 8.73. The number of nitrogens with one attached hydrogen (secondary N) is 1. The molecule has 0 fully saturated rings. The summed E-state index contributed by atoms with van der Waals surface area (Å²) in [5.41, 5.74) is -0.343. The molecule has 0 unspecified atom stereocenters. The maximum absolute atomic E-state index is 11.5. The van der Waals surface area contributed by atoms with Gasteiger partial charge in [0.25, 0.3) is 0 Å². The van der Waals surface area contributed by atoms with Gasteiger partial charge < -0.3 is 14.6 Å². The summed E-state index contributed by atoms with van der Waals surface area (Å²) in [5.74, 6) is -1.08. The first-order valence-electron chi connectivity index (χ1n) is 5.71. The van der Waals surface area contributed by atoms with Crippen LogP contribution in [0.4, 0.5) is 0 Å². The lowest BCUT2D eigenvalue weighted by Crippen LogP contribution is -2.19. The van der Waals surface area contributed by atoms with Gasteiger partial charge in [-0.25, -0.2) is 9.89 Å². The number of nitrogens with zero attached hydrogens (tertiary/aromatic N) is 2. The predicted molar refractivity (Wildman–Crippen MR) is 68.5 cm³/mol. The molecule has 8 nitrogen and oxygen atoms in total. The molecule has 0 aliphatic carbocycles. The fourth-order valence-electron chi connectivity index (χ4n) is 1.31. The summed E-state index contributed by atoms with van der Waals surface area (Å²) in [6.45, 7) is 1.98. The average Bonchev–Trinajstić information content (AvgIpc) is 2.72. The van der Waals surface area contributed by atoms with Gasteiger partial charge in [-0.2, -0.15) is 0 Å². The molecule has 0 saturated heterocycles. The molecule has 0 amide bonds. The zero-order chi connectivity index (χ0) is 14.1. The van der Waals surface area contributed by atoms with Crippen molar-refractivity contribution in [3.63, 3.8) is 0 Å². The standard InChI is InChI=1S/C10H17N3O5S/c1-17-5-6-18-4-2-3-13-9(16)11-12-10(13)19-7-8(14)15/h2-7H2,1H3,(H,11,16)(H,14,15). The summed E-state index contributed by atoms with van der Waals surface area (Å²) in [4.78, 5) is 21.9. The number of hydrogen-bond donors (Lipinski definition) is 2. The number of carboxylic acid groups (broad SMARTS) is 1. The fraction of sp³-hybridized carbons (Fsp3) is 0.700. The highest BCUT2D eigenvalue weighted by Crippen LogP contribution is 2.12. The van der Waals surface area contributed by atoms with Crippen molar-refractivity contribution in [1.29, 1.82) is 0 Å². The number of carboxylic acids is 1. The third-order valence-electron chi connectivity index (χ3n) is 2.15. The van der Waals surface area contributed by atoms with E-state index in [0.29, 0.717) is 37.9 Å². The molecule has 0 aromatic carbocycles. The Labute approximate surface area is 114 Å². The van der Waals surface area contributed by atoms with Gasteiger partial charge in [0.2, 0.25) is 0 Å². The molecule has 0 aliphatic rings. The van der Waals surface area contributed by atoms with Gasteiger partial charge in [-0.1, -0.05) is 11.8 Å². The van der Waals surface area contributed by atoms with Gasteiger partial charge in [0.1, 0.15) is 0 Å². The highest BCUT2D eigenvalue weighted by atomic mass is 32.2. The van der Waals surface area contributed by atoms with Crippen LogP contribution in [0.25, 0.3) is 0 Å². The molecular formula is C10H17N3O5S. The van der Waals surface area contributed by atoms with Crippen LogP contribution >= 0.6 is 11.8 Å². The second-order valence-corrected chi connectivity index (χ2v) is 4.55. The molecule has 0 aliphatic heterocycles. The Bertz CT molecular complexity index is 445. The van der Waals surface area contributed by atoms with Gasteiger partial charge >= 0.3 is 11.7 Å². The van der Waals surface area contributed by atoms with Crippen LogP contribution in [0.2, 0.25) is 0 Å². The molecule has 2 N–H and O–H groups in total. The van der Waals surface area contributed by atoms with Gasteiger partial charge in [-0.3, -0.25) is 9.36 Å². The summed E-state index contributed by atoms with van der Waals surface area (Å²) in [6, 6.07) is 0. The number of rotatable bonds is 10. The maximum atomic E-state index is 11.5. The zero-order valence-corrected chi connectivity index (χ0v) is 11.4. The molecule has 1 aromatic rings. The lowest BCUT2D eigenvalue weighted by atomic mass is 10.4. The second-order valence-electron chi connectivity index (χ2n) is 3.60. The Morgan fingerprint density at radius 3 is 2.95 bits per heavy atom. The molecule has 0 atom stereocenters. The summed E-state index contributed by atoms with van der Waals surface area (Å²) < 4.78 is 11.5. The van der Waals surface area contributed by atoms with Gasteiger partial charge in [-0.05, 0) is 6.42 Å². The Hall–Kier alpha value is -1.32. The Balaban J connectivity index is 2.37. The van der Waals surface area contributed by atoms with Crippen molar-refractivity contribution in [3.05, 3.63) is 10.5 Å². The number of aliphatic carboxylic acids is 1. The third-order valence-corrected chi connectivity index (χ3v) is 3.11. The van der Waals surface area contributed by atoms with Crippen molar-refractivity contribution < 1.29 is 19.4 Å². The predicted octanol–water partition coefficient (Wildman–Crippen LogP) is -0.199. The van der Waals surface area contributed by atoms with Crippen molar-refractivity contribution in [2.24, 2.45) is 0 Å². The first-order chi connectivity index (χ1) is 9.15. The topological polar surface area (TPSA) is 106 Å². The Morgan fingerprint density at radius 2 is 2.26 bits per heavy atom. The van der Waals surface area contributed by atoms with Crippen LogP contribution in [0.15, 0.2) is 9.95 Å². The summed E-state index contributed by atoms with van der Waals surface area (Å²) >= 11 is 1.01. The molecule has 0 spiro atoms. The molecule has 1 aromatic heterocycles. The number of carbonyl (C=O) groups is 1. The molecule has 0 saturated carbocycles. The first kappa shape index (κ1) is 15.7. The van der Waals surface area contributed by atoms with Crippen molar-refractivity contribution in [3.8, 4) is 0 Å². The molecule has 19 heavy (non-hydrogen) atoms. The van der Waals surface area contributed by atoms with E-state index >= 15 is 0 Å². The minimum atomic E-state index is -0.949. The van der Waals surface area contributed by atoms with Crippen LogP contribution in [0.5, 0.6) is 0 Å². The van der Waals surface area contributed by atoms with Crippen LogP contribution < -0.4 is 5.69 Å². The van der Waals surface area contributed by atoms with Gasteiger partial charge in [0.05, 0.1) is 19.0 Å². The van der Waals surface area contributed by atoms with E-state index in [1.807, 2.05) is 0 Å². The normalized spacial score (nSPS) is 10.8. The van der Waals surface area contributed by atoms with Gasteiger partial charge in [-0.15, -0.1) is 5.10 Å². The van der Waals surface area contributed by atoms with E-state index in [-0.39, 0.29) is 11.4 Å². The molecule has 1 rings (SSSR count). The van der Waals surface area contributed by atoms with Crippen molar-refractivity contribution in [2.45, 2.75) is 18.1 Å². The van der Waals surface area contributed by atoms with E-state index < -0.39 is 5.97 Å². The third kappa shape index (κ3) is 5.90. The number of aromatic amines is 1. The summed E-state index contributed by atoms with van der Waals surface area (Å²) in [6.07, 6.45) is 0.643. The molecule has 108 valence electrons. The zero-order valence-electron chi connectivity index (χ0n) is 10.6.